The summed E-state index contributed by atoms with van der Waals surface area (Å²) in [7, 11) is 1.40. The van der Waals surface area contributed by atoms with Gasteiger partial charge in [0.1, 0.15) is 0 Å². The first-order valence-corrected chi connectivity index (χ1v) is 4.10. The zero-order chi connectivity index (χ0) is 9.35. The molecular formula is C10H15O2. The summed E-state index contributed by atoms with van der Waals surface area (Å²) in [5.74, 6) is 0.211. The zero-order valence-electron chi connectivity index (χ0n) is 8.05. The van der Waals surface area contributed by atoms with Gasteiger partial charge in [-0.3, -0.25) is 0 Å². The molecule has 1 rings (SSSR count). The highest BCUT2D eigenvalue weighted by Crippen LogP contribution is 2.51. The normalized spacial score (nSPS) is 26.7. The van der Waals surface area contributed by atoms with Crippen LogP contribution in [0.3, 0.4) is 0 Å². The summed E-state index contributed by atoms with van der Waals surface area (Å²) in [6.45, 7) is 6.09. The Kier molecular flexibility index (Phi) is 2.27. The van der Waals surface area contributed by atoms with Crippen LogP contribution in [0.25, 0.3) is 0 Å². The molecule has 1 fully saturated rings. The zero-order valence-corrected chi connectivity index (χ0v) is 8.05. The van der Waals surface area contributed by atoms with Crippen LogP contribution in [0, 0.1) is 17.8 Å². The predicted octanol–water partition coefficient (Wildman–Crippen LogP) is 1.97. The molecule has 1 aliphatic carbocycles. The van der Waals surface area contributed by atoms with Crippen molar-refractivity contribution in [2.24, 2.45) is 11.3 Å². The molecule has 0 aromatic carbocycles. The lowest BCUT2D eigenvalue weighted by atomic mass is 10.1. The first kappa shape index (κ1) is 9.30. The van der Waals surface area contributed by atoms with E-state index in [1.165, 1.54) is 7.11 Å². The average Bonchev–Trinajstić information content (AvgIpc) is 2.57. The maximum Gasteiger partial charge on any atom is 0.333 e. The minimum atomic E-state index is -0.230. The molecule has 0 heterocycles. The fourth-order valence-corrected chi connectivity index (χ4v) is 1.18. The van der Waals surface area contributed by atoms with Gasteiger partial charge in [0.05, 0.1) is 7.11 Å². The van der Waals surface area contributed by atoms with Crippen LogP contribution in [0.15, 0.2) is 11.6 Å². The van der Waals surface area contributed by atoms with E-state index in [1.807, 2.05) is 6.08 Å². The van der Waals surface area contributed by atoms with Gasteiger partial charge in [0.15, 0.2) is 0 Å². The largest absolute Gasteiger partial charge is 0.466 e. The Morgan fingerprint density at radius 1 is 1.58 bits per heavy atom. The van der Waals surface area contributed by atoms with Crippen molar-refractivity contribution < 1.29 is 9.53 Å². The lowest BCUT2D eigenvalue weighted by Gasteiger charge is -2.00. The Hall–Kier alpha value is -0.790. The maximum atomic E-state index is 11.0. The first-order valence-electron chi connectivity index (χ1n) is 4.10. The van der Waals surface area contributed by atoms with Gasteiger partial charge in [-0.1, -0.05) is 19.9 Å². The third-order valence-electron chi connectivity index (χ3n) is 2.30. The number of hydrogen-bond donors (Lipinski definition) is 0. The van der Waals surface area contributed by atoms with Crippen LogP contribution < -0.4 is 0 Å². The van der Waals surface area contributed by atoms with Crippen LogP contribution in [0.5, 0.6) is 0 Å². The van der Waals surface area contributed by atoms with Crippen LogP contribution in [-0.2, 0) is 9.53 Å². The quantitative estimate of drug-likeness (QED) is 0.464. The molecule has 0 spiro atoms. The SMILES string of the molecule is COC(=O)C(C)=CC1[CH]C1(C)C. The summed E-state index contributed by atoms with van der Waals surface area (Å²) in [6, 6.07) is 0. The summed E-state index contributed by atoms with van der Waals surface area (Å²) in [4.78, 5) is 11.0. The van der Waals surface area contributed by atoms with Gasteiger partial charge >= 0.3 is 5.97 Å². The molecule has 0 aromatic rings. The van der Waals surface area contributed by atoms with Gasteiger partial charge in [0.25, 0.3) is 0 Å². The predicted molar refractivity (Wildman–Crippen MR) is 47.3 cm³/mol. The molecule has 12 heavy (non-hydrogen) atoms. The van der Waals surface area contributed by atoms with Gasteiger partial charge in [0.2, 0.25) is 0 Å². The molecule has 0 N–H and O–H groups in total. The molecule has 2 nitrogen and oxygen atoms in total. The minimum absolute atomic E-state index is 0.230. The van der Waals surface area contributed by atoms with Crippen molar-refractivity contribution in [2.75, 3.05) is 7.11 Å². The molecule has 0 amide bonds. The van der Waals surface area contributed by atoms with E-state index < -0.39 is 0 Å². The second kappa shape index (κ2) is 2.92. The Labute approximate surface area is 73.6 Å². The molecule has 1 unspecified atom stereocenters. The third-order valence-corrected chi connectivity index (χ3v) is 2.30. The van der Waals surface area contributed by atoms with Crippen molar-refractivity contribution in [1.82, 2.24) is 0 Å². The lowest BCUT2D eigenvalue weighted by molar-refractivity contribution is -0.136. The molecule has 0 aromatic heterocycles. The molecule has 1 saturated carbocycles. The summed E-state index contributed by atoms with van der Waals surface area (Å²) >= 11 is 0. The van der Waals surface area contributed by atoms with E-state index in [1.54, 1.807) is 6.92 Å². The molecule has 1 atom stereocenters. The van der Waals surface area contributed by atoms with Crippen LogP contribution in [0.1, 0.15) is 20.8 Å². The molecule has 1 aliphatic rings. The fourth-order valence-electron chi connectivity index (χ4n) is 1.18. The standard InChI is InChI=1S/C10H15O2/c1-7(9(11)12-4)5-8-6-10(8,2)3/h5-6,8H,1-4H3. The second-order valence-corrected chi connectivity index (χ2v) is 3.86. The van der Waals surface area contributed by atoms with Crippen molar-refractivity contribution in [3.05, 3.63) is 18.1 Å². The molecule has 1 radical (unpaired) electrons. The average molecular weight is 167 g/mol. The van der Waals surface area contributed by atoms with Gasteiger partial charge in [-0.25, -0.2) is 4.79 Å². The van der Waals surface area contributed by atoms with E-state index in [0.717, 1.165) is 0 Å². The van der Waals surface area contributed by atoms with Crippen molar-refractivity contribution in [3.63, 3.8) is 0 Å². The Balaban J connectivity index is 2.54. The number of rotatable bonds is 2. The summed E-state index contributed by atoms with van der Waals surface area (Å²) in [5, 5.41) is 0. The molecule has 0 aliphatic heterocycles. The summed E-state index contributed by atoms with van der Waals surface area (Å²) in [5.41, 5.74) is 0.972. The number of ether oxygens (including phenoxy) is 1. The Morgan fingerprint density at radius 2 is 2.08 bits per heavy atom. The summed E-state index contributed by atoms with van der Waals surface area (Å²) in [6.07, 6.45) is 4.17. The van der Waals surface area contributed by atoms with E-state index in [9.17, 15) is 4.79 Å². The second-order valence-electron chi connectivity index (χ2n) is 3.86. The molecule has 67 valence electrons. The molecule has 0 saturated heterocycles. The highest BCUT2D eigenvalue weighted by Gasteiger charge is 2.44. The van der Waals surface area contributed by atoms with Crippen molar-refractivity contribution in [2.45, 2.75) is 20.8 Å². The highest BCUT2D eigenvalue weighted by molar-refractivity contribution is 5.87. The maximum absolute atomic E-state index is 11.0. The Bertz CT molecular complexity index is 226. The number of hydrogen-bond acceptors (Lipinski definition) is 2. The number of allylic oxidation sites excluding steroid dienone is 1. The van der Waals surface area contributed by atoms with E-state index >= 15 is 0 Å². The van der Waals surface area contributed by atoms with E-state index in [-0.39, 0.29) is 11.4 Å². The fraction of sp³-hybridized carbons (Fsp3) is 0.600. The molecule has 2 heteroatoms. The van der Waals surface area contributed by atoms with Crippen LogP contribution >= 0.6 is 0 Å². The van der Waals surface area contributed by atoms with E-state index in [2.05, 4.69) is 25.0 Å². The topological polar surface area (TPSA) is 26.3 Å². The van der Waals surface area contributed by atoms with Crippen molar-refractivity contribution >= 4 is 5.97 Å². The summed E-state index contributed by atoms with van der Waals surface area (Å²) < 4.78 is 4.59. The number of methoxy groups -OCH3 is 1. The molecule has 0 bridgehead atoms. The van der Waals surface area contributed by atoms with Crippen LogP contribution in [-0.4, -0.2) is 13.1 Å². The van der Waals surface area contributed by atoms with Crippen LogP contribution in [0.2, 0.25) is 0 Å². The monoisotopic (exact) mass is 167 g/mol. The number of carbonyl (C=O) groups excluding carboxylic acids is 1. The van der Waals surface area contributed by atoms with Crippen molar-refractivity contribution in [3.8, 4) is 0 Å². The van der Waals surface area contributed by atoms with Gasteiger partial charge in [-0.05, 0) is 24.7 Å². The van der Waals surface area contributed by atoms with E-state index in [4.69, 9.17) is 0 Å². The third kappa shape index (κ3) is 1.87. The van der Waals surface area contributed by atoms with E-state index in [0.29, 0.717) is 11.5 Å². The smallest absolute Gasteiger partial charge is 0.333 e. The van der Waals surface area contributed by atoms with Gasteiger partial charge in [0, 0.05) is 5.57 Å². The van der Waals surface area contributed by atoms with Crippen LogP contribution in [0.4, 0.5) is 0 Å². The van der Waals surface area contributed by atoms with Gasteiger partial charge in [-0.2, -0.15) is 0 Å². The Morgan fingerprint density at radius 3 is 2.42 bits per heavy atom. The lowest BCUT2D eigenvalue weighted by Crippen LogP contribution is -2.02. The minimum Gasteiger partial charge on any atom is -0.466 e. The van der Waals surface area contributed by atoms with Gasteiger partial charge < -0.3 is 4.74 Å². The number of esters is 1. The first-order chi connectivity index (χ1) is 5.47. The molecular weight excluding hydrogens is 152 g/mol. The number of carbonyl (C=O) groups is 1. The highest BCUT2D eigenvalue weighted by atomic mass is 16.5. The van der Waals surface area contributed by atoms with Crippen molar-refractivity contribution in [1.29, 1.82) is 0 Å². The van der Waals surface area contributed by atoms with Gasteiger partial charge in [-0.15, -0.1) is 0 Å².